The molecule has 1 atom stereocenters. The number of benzene rings is 10. The third kappa shape index (κ3) is 7.26. The van der Waals surface area contributed by atoms with Crippen molar-refractivity contribution in [2.75, 3.05) is 16.5 Å². The predicted octanol–water partition coefficient (Wildman–Crippen LogP) is 18.2. The molecule has 5 heteroatoms. The average Bonchev–Trinajstić information content (AvgIpc) is 4.31. The number of aromatic nitrogens is 2. The number of anilines is 4. The van der Waals surface area contributed by atoms with Crippen molar-refractivity contribution in [3.8, 4) is 50.7 Å². The van der Waals surface area contributed by atoms with Crippen molar-refractivity contribution in [2.45, 2.75) is 31.6 Å². The maximum Gasteiger partial charge on any atom is 0.137 e. The van der Waals surface area contributed by atoms with Crippen LogP contribution in [0.1, 0.15) is 48.6 Å². The van der Waals surface area contributed by atoms with Gasteiger partial charge >= 0.3 is 0 Å². The number of ether oxygens (including phenoxy) is 1. The van der Waals surface area contributed by atoms with Crippen LogP contribution in [0.3, 0.4) is 0 Å². The van der Waals surface area contributed by atoms with Crippen LogP contribution in [0.4, 0.5) is 22.7 Å². The highest BCUT2D eigenvalue weighted by Crippen LogP contribution is 2.57. The lowest BCUT2D eigenvalue weighted by atomic mass is 9.67. The fourth-order valence-corrected chi connectivity index (χ4v) is 12.3. The van der Waals surface area contributed by atoms with E-state index in [2.05, 4.69) is 290 Å². The van der Waals surface area contributed by atoms with Crippen LogP contribution in [0.5, 0.6) is 11.5 Å². The first-order chi connectivity index (χ1) is 37.3. The fourth-order valence-electron chi connectivity index (χ4n) is 12.3. The molecular formula is C71H54N4O. The maximum atomic E-state index is 6.95. The molecule has 0 N–H and O–H groups in total. The minimum atomic E-state index is -0.591. The maximum absolute atomic E-state index is 6.95. The Morgan fingerprint density at radius 2 is 1.04 bits per heavy atom. The molecule has 2 aromatic heterocycles. The van der Waals surface area contributed by atoms with Gasteiger partial charge in [0, 0.05) is 45.9 Å². The van der Waals surface area contributed by atoms with Crippen molar-refractivity contribution >= 4 is 44.6 Å². The van der Waals surface area contributed by atoms with Gasteiger partial charge in [0.2, 0.25) is 0 Å². The van der Waals surface area contributed by atoms with Crippen molar-refractivity contribution in [3.05, 3.63) is 289 Å². The van der Waals surface area contributed by atoms with Crippen molar-refractivity contribution < 1.29 is 4.74 Å². The first-order valence-electron chi connectivity index (χ1n) is 26.3. The quantitative estimate of drug-likeness (QED) is 0.144. The topological polar surface area (TPSA) is 33.5 Å². The summed E-state index contributed by atoms with van der Waals surface area (Å²) in [4.78, 5) is 10.1. The molecule has 14 rings (SSSR count). The second kappa shape index (κ2) is 17.9. The SMILES string of the molecule is CC(C)(C)c1ccc2c(c1)C(c1ccccc1)(c1ccnc(-n3c4ccccc4c4ccc(Oc5cccc(N6CN(c7c(-c8ccccc8)cccc7-c7ccccc7)c7ccccc76)c5)cc43)c1)c1ccccc1-2. The fraction of sp³-hybridized carbons (Fsp3) is 0.0845. The van der Waals surface area contributed by atoms with Gasteiger partial charge in [0.15, 0.2) is 0 Å². The van der Waals surface area contributed by atoms with E-state index in [0.29, 0.717) is 6.67 Å². The molecule has 3 heterocycles. The molecule has 1 aliphatic carbocycles. The molecule has 0 bridgehead atoms. The number of hydrogen-bond donors (Lipinski definition) is 0. The minimum absolute atomic E-state index is 0.0384. The first kappa shape index (κ1) is 45.2. The standard InChI is InChI=1S/C71H54N4O/c1-70(2,3)51-37-39-59-58-29-13-15-33-62(58)71(63(59)43-51,50-25-11-6-12-26-50)52-41-42-72-68(44-52)75-64-34-16-14-30-60(64)61-40-38-55(46-67(61)75)76-54-28-19-27-53(45-54)73-47-74(66-36-18-17-35-65(66)73)69-56(48-21-7-4-8-22-48)31-20-32-57(69)49-23-9-5-10-24-49/h4-46H,47H2,1-3H3. The summed E-state index contributed by atoms with van der Waals surface area (Å²) in [7, 11) is 0. The third-order valence-corrected chi connectivity index (χ3v) is 15.8. The first-order valence-corrected chi connectivity index (χ1v) is 26.3. The Morgan fingerprint density at radius 1 is 0.434 bits per heavy atom. The second-order valence-electron chi connectivity index (χ2n) is 21.1. The van der Waals surface area contributed by atoms with E-state index < -0.39 is 5.41 Å². The van der Waals surface area contributed by atoms with Gasteiger partial charge in [-0.05, 0) is 110 Å². The zero-order valence-electron chi connectivity index (χ0n) is 42.7. The van der Waals surface area contributed by atoms with Crippen LogP contribution in [0.25, 0.3) is 61.0 Å². The van der Waals surface area contributed by atoms with E-state index in [4.69, 9.17) is 9.72 Å². The van der Waals surface area contributed by atoms with E-state index >= 15 is 0 Å². The van der Waals surface area contributed by atoms with Gasteiger partial charge in [0.25, 0.3) is 0 Å². The number of rotatable bonds is 9. The van der Waals surface area contributed by atoms with Gasteiger partial charge in [-0.3, -0.25) is 4.57 Å². The summed E-state index contributed by atoms with van der Waals surface area (Å²) in [5, 5.41) is 2.29. The second-order valence-corrected chi connectivity index (χ2v) is 21.1. The van der Waals surface area contributed by atoms with Gasteiger partial charge < -0.3 is 14.5 Å². The summed E-state index contributed by atoms with van der Waals surface area (Å²) >= 11 is 0. The number of pyridine rings is 1. The monoisotopic (exact) mass is 978 g/mol. The normalized spacial score (nSPS) is 14.7. The van der Waals surface area contributed by atoms with Crippen LogP contribution in [0.2, 0.25) is 0 Å². The summed E-state index contributed by atoms with van der Waals surface area (Å²) in [5.41, 5.74) is 19.5. The molecule has 12 aromatic rings. The molecule has 76 heavy (non-hydrogen) atoms. The minimum Gasteiger partial charge on any atom is -0.457 e. The lowest BCUT2D eigenvalue weighted by molar-refractivity contribution is 0.483. The summed E-state index contributed by atoms with van der Waals surface area (Å²) in [6, 6.07) is 92.2. The number of para-hydroxylation sites is 4. The molecule has 1 aliphatic heterocycles. The van der Waals surface area contributed by atoms with Crippen molar-refractivity contribution in [3.63, 3.8) is 0 Å². The van der Waals surface area contributed by atoms with Gasteiger partial charge in [-0.1, -0.05) is 209 Å². The van der Waals surface area contributed by atoms with E-state index in [9.17, 15) is 0 Å². The smallest absolute Gasteiger partial charge is 0.137 e. The van der Waals surface area contributed by atoms with Gasteiger partial charge in [0.1, 0.15) is 24.0 Å². The molecule has 10 aromatic carbocycles. The molecule has 0 radical (unpaired) electrons. The summed E-state index contributed by atoms with van der Waals surface area (Å²) < 4.78 is 9.26. The van der Waals surface area contributed by atoms with E-state index in [1.165, 1.54) is 61.3 Å². The highest BCUT2D eigenvalue weighted by Gasteiger charge is 2.47. The molecule has 0 fully saturated rings. The summed E-state index contributed by atoms with van der Waals surface area (Å²) in [5.74, 6) is 2.34. The number of nitrogens with zero attached hydrogens (tertiary/aromatic N) is 4. The number of fused-ring (bicyclic) bond motifs is 7. The van der Waals surface area contributed by atoms with Crippen LogP contribution in [0, 0.1) is 0 Å². The van der Waals surface area contributed by atoms with Crippen LogP contribution in [0.15, 0.2) is 261 Å². The van der Waals surface area contributed by atoms with Gasteiger partial charge in [-0.15, -0.1) is 0 Å². The molecule has 5 nitrogen and oxygen atoms in total. The van der Waals surface area contributed by atoms with E-state index in [-0.39, 0.29) is 5.41 Å². The van der Waals surface area contributed by atoms with E-state index in [0.717, 1.165) is 61.7 Å². The third-order valence-electron chi connectivity index (χ3n) is 15.8. The van der Waals surface area contributed by atoms with Crippen LogP contribution in [-0.4, -0.2) is 16.2 Å². The van der Waals surface area contributed by atoms with Crippen LogP contribution < -0.4 is 14.5 Å². The van der Waals surface area contributed by atoms with Crippen molar-refractivity contribution in [1.82, 2.24) is 9.55 Å². The molecule has 0 amide bonds. The summed E-state index contributed by atoms with van der Waals surface area (Å²) in [6.07, 6.45) is 2.00. The van der Waals surface area contributed by atoms with E-state index in [1.54, 1.807) is 0 Å². The zero-order chi connectivity index (χ0) is 51.0. The molecule has 364 valence electrons. The molecule has 0 saturated carbocycles. The Kier molecular flexibility index (Phi) is 10.6. The van der Waals surface area contributed by atoms with Gasteiger partial charge in [0.05, 0.1) is 33.5 Å². The lowest BCUT2D eigenvalue weighted by Gasteiger charge is -2.35. The van der Waals surface area contributed by atoms with Gasteiger partial charge in [-0.25, -0.2) is 4.98 Å². The Morgan fingerprint density at radius 3 is 1.79 bits per heavy atom. The Labute approximate surface area is 444 Å². The van der Waals surface area contributed by atoms with Gasteiger partial charge in [-0.2, -0.15) is 0 Å². The highest BCUT2D eigenvalue weighted by molar-refractivity contribution is 6.09. The summed E-state index contributed by atoms with van der Waals surface area (Å²) in [6.45, 7) is 7.52. The molecule has 2 aliphatic rings. The van der Waals surface area contributed by atoms with Crippen LogP contribution in [-0.2, 0) is 10.8 Å². The Hall–Kier alpha value is -9.45. The lowest BCUT2D eigenvalue weighted by Crippen LogP contribution is -2.29. The molecular weight excluding hydrogens is 925 g/mol. The van der Waals surface area contributed by atoms with Crippen molar-refractivity contribution in [1.29, 1.82) is 0 Å². The molecule has 1 unspecified atom stereocenters. The average molecular weight is 979 g/mol. The predicted molar refractivity (Wildman–Crippen MR) is 314 cm³/mol. The Balaban J connectivity index is 0.862. The molecule has 0 spiro atoms. The highest BCUT2D eigenvalue weighted by atomic mass is 16.5. The van der Waals surface area contributed by atoms with Crippen LogP contribution >= 0.6 is 0 Å². The largest absolute Gasteiger partial charge is 0.457 e. The number of hydrogen-bond acceptors (Lipinski definition) is 4. The zero-order valence-corrected chi connectivity index (χ0v) is 42.7. The van der Waals surface area contributed by atoms with Crippen molar-refractivity contribution in [2.24, 2.45) is 0 Å². The van der Waals surface area contributed by atoms with E-state index in [1.807, 2.05) is 6.20 Å². The Bertz CT molecular complexity index is 4120. The molecule has 0 saturated heterocycles.